The fourth-order valence-corrected chi connectivity index (χ4v) is 1.68. The summed E-state index contributed by atoms with van der Waals surface area (Å²) in [5, 5.41) is 4.06. The Morgan fingerprint density at radius 2 is 2.12 bits per heavy atom. The summed E-state index contributed by atoms with van der Waals surface area (Å²) in [6.07, 6.45) is 1.08. The van der Waals surface area contributed by atoms with Gasteiger partial charge >= 0.3 is 0 Å². The minimum Gasteiger partial charge on any atom is -0.399 e. The first-order valence-corrected chi connectivity index (χ1v) is 5.83. The second-order valence-electron chi connectivity index (χ2n) is 4.38. The van der Waals surface area contributed by atoms with Gasteiger partial charge in [0.05, 0.1) is 10.7 Å². The van der Waals surface area contributed by atoms with E-state index in [4.69, 9.17) is 17.3 Å². The third-order valence-corrected chi connectivity index (χ3v) is 2.72. The number of nitrogen functional groups attached to an aromatic ring is 1. The summed E-state index contributed by atoms with van der Waals surface area (Å²) in [5.74, 6) is 0. The summed E-state index contributed by atoms with van der Waals surface area (Å²) in [5.41, 5.74) is 7.28. The molecule has 0 aliphatic carbocycles. The maximum atomic E-state index is 6.08. The summed E-state index contributed by atoms with van der Waals surface area (Å²) in [6, 6.07) is 5.93. The second-order valence-corrected chi connectivity index (χ2v) is 4.78. The van der Waals surface area contributed by atoms with Gasteiger partial charge in [-0.05, 0) is 52.2 Å². The lowest BCUT2D eigenvalue weighted by molar-refractivity contribution is 0.390. The minimum atomic E-state index is 0.392. The van der Waals surface area contributed by atoms with E-state index in [1.165, 1.54) is 0 Å². The van der Waals surface area contributed by atoms with E-state index in [0.29, 0.717) is 16.8 Å². The van der Waals surface area contributed by atoms with Gasteiger partial charge in [0.1, 0.15) is 0 Å². The Hall–Kier alpha value is -0.930. The first-order chi connectivity index (χ1) is 7.49. The van der Waals surface area contributed by atoms with E-state index in [0.717, 1.165) is 18.7 Å². The molecule has 0 bridgehead atoms. The normalized spacial score (nSPS) is 12.8. The summed E-state index contributed by atoms with van der Waals surface area (Å²) < 4.78 is 0. The zero-order valence-electron chi connectivity index (χ0n) is 10.1. The number of halogens is 1. The predicted octanol–water partition coefficient (Wildman–Crippen LogP) is 2.67. The van der Waals surface area contributed by atoms with E-state index in [1.807, 2.05) is 12.1 Å². The Kier molecular flexibility index (Phi) is 4.90. The van der Waals surface area contributed by atoms with Crippen LogP contribution in [-0.4, -0.2) is 31.6 Å². The molecule has 3 N–H and O–H groups in total. The van der Waals surface area contributed by atoms with Crippen molar-refractivity contribution in [2.24, 2.45) is 0 Å². The summed E-state index contributed by atoms with van der Waals surface area (Å²) in [4.78, 5) is 2.17. The van der Waals surface area contributed by atoms with Crippen molar-refractivity contribution in [1.82, 2.24) is 4.90 Å². The topological polar surface area (TPSA) is 41.3 Å². The van der Waals surface area contributed by atoms with Crippen LogP contribution in [0.2, 0.25) is 5.02 Å². The van der Waals surface area contributed by atoms with Crippen LogP contribution in [0, 0.1) is 0 Å². The molecule has 0 fully saturated rings. The highest BCUT2D eigenvalue weighted by Gasteiger charge is 2.05. The van der Waals surface area contributed by atoms with Gasteiger partial charge in [-0.3, -0.25) is 0 Å². The van der Waals surface area contributed by atoms with Crippen molar-refractivity contribution in [3.8, 4) is 0 Å². The molecule has 0 spiro atoms. The highest BCUT2D eigenvalue weighted by Crippen LogP contribution is 2.24. The number of nitrogens with zero attached hydrogens (tertiary/aromatic N) is 1. The number of nitrogens with two attached hydrogens (primary N) is 1. The number of nitrogens with one attached hydrogen (secondary N) is 1. The number of anilines is 2. The van der Waals surface area contributed by atoms with Crippen LogP contribution in [0.5, 0.6) is 0 Å². The third-order valence-electron chi connectivity index (χ3n) is 2.40. The molecule has 0 aliphatic rings. The summed E-state index contributed by atoms with van der Waals surface area (Å²) in [7, 11) is 4.14. The third kappa shape index (κ3) is 4.29. The van der Waals surface area contributed by atoms with Gasteiger partial charge in [0.2, 0.25) is 0 Å². The smallest absolute Gasteiger partial charge is 0.0658 e. The molecule has 0 aromatic heterocycles. The van der Waals surface area contributed by atoms with Crippen LogP contribution < -0.4 is 11.1 Å². The van der Waals surface area contributed by atoms with Crippen LogP contribution in [0.1, 0.15) is 13.3 Å². The van der Waals surface area contributed by atoms with Gasteiger partial charge in [-0.1, -0.05) is 11.6 Å². The molecular formula is C12H20ClN3. The first kappa shape index (κ1) is 13.1. The minimum absolute atomic E-state index is 0.392. The molecule has 1 rings (SSSR count). The highest BCUT2D eigenvalue weighted by molar-refractivity contribution is 6.33. The number of benzene rings is 1. The molecule has 0 saturated carbocycles. The van der Waals surface area contributed by atoms with Crippen molar-refractivity contribution in [2.75, 3.05) is 31.7 Å². The average Bonchev–Trinajstić information content (AvgIpc) is 2.19. The van der Waals surface area contributed by atoms with Gasteiger partial charge in [0, 0.05) is 11.7 Å². The van der Waals surface area contributed by atoms with Crippen LogP contribution in [0.15, 0.2) is 18.2 Å². The van der Waals surface area contributed by atoms with Crippen LogP contribution in [0.25, 0.3) is 0 Å². The van der Waals surface area contributed by atoms with Gasteiger partial charge in [-0.25, -0.2) is 0 Å². The molecule has 0 heterocycles. The SMILES string of the molecule is CC(CCN(C)C)Nc1ccc(N)cc1Cl. The monoisotopic (exact) mass is 241 g/mol. The average molecular weight is 242 g/mol. The molecule has 1 unspecified atom stereocenters. The molecule has 4 heteroatoms. The molecule has 1 aromatic rings. The molecule has 1 atom stereocenters. The Labute approximate surface area is 103 Å². The number of hydrogen-bond donors (Lipinski definition) is 2. The largest absolute Gasteiger partial charge is 0.399 e. The van der Waals surface area contributed by atoms with Gasteiger partial charge in [-0.15, -0.1) is 0 Å². The van der Waals surface area contributed by atoms with E-state index < -0.39 is 0 Å². The van der Waals surface area contributed by atoms with Crippen LogP contribution >= 0.6 is 11.6 Å². The lowest BCUT2D eigenvalue weighted by atomic mass is 10.2. The van der Waals surface area contributed by atoms with E-state index >= 15 is 0 Å². The quantitative estimate of drug-likeness (QED) is 0.779. The molecule has 1 aromatic carbocycles. The Morgan fingerprint density at radius 1 is 1.44 bits per heavy atom. The molecule has 0 amide bonds. The zero-order valence-corrected chi connectivity index (χ0v) is 10.9. The van der Waals surface area contributed by atoms with Crippen molar-refractivity contribution in [3.63, 3.8) is 0 Å². The van der Waals surface area contributed by atoms with Crippen molar-refractivity contribution in [1.29, 1.82) is 0 Å². The van der Waals surface area contributed by atoms with Crippen molar-refractivity contribution in [3.05, 3.63) is 23.2 Å². The van der Waals surface area contributed by atoms with Gasteiger partial charge in [-0.2, -0.15) is 0 Å². The fraction of sp³-hybridized carbons (Fsp3) is 0.500. The molecule has 90 valence electrons. The van der Waals surface area contributed by atoms with Crippen LogP contribution in [-0.2, 0) is 0 Å². The Balaban J connectivity index is 2.52. The zero-order chi connectivity index (χ0) is 12.1. The van der Waals surface area contributed by atoms with Gasteiger partial charge in [0.15, 0.2) is 0 Å². The predicted molar refractivity (Wildman–Crippen MR) is 72.1 cm³/mol. The van der Waals surface area contributed by atoms with E-state index in [2.05, 4.69) is 31.2 Å². The molecule has 3 nitrogen and oxygen atoms in total. The highest BCUT2D eigenvalue weighted by atomic mass is 35.5. The van der Waals surface area contributed by atoms with Crippen molar-refractivity contribution in [2.45, 2.75) is 19.4 Å². The van der Waals surface area contributed by atoms with Crippen LogP contribution in [0.4, 0.5) is 11.4 Å². The number of rotatable bonds is 5. The molecule has 16 heavy (non-hydrogen) atoms. The Morgan fingerprint density at radius 3 is 2.69 bits per heavy atom. The molecule has 0 aliphatic heterocycles. The molecular weight excluding hydrogens is 222 g/mol. The van der Waals surface area contributed by atoms with Crippen molar-refractivity contribution >= 4 is 23.0 Å². The first-order valence-electron chi connectivity index (χ1n) is 5.45. The maximum absolute atomic E-state index is 6.08. The fourth-order valence-electron chi connectivity index (χ4n) is 1.44. The standard InChI is InChI=1S/C12H20ClN3/c1-9(6-7-16(2)3)15-12-5-4-10(14)8-11(12)13/h4-5,8-9,15H,6-7,14H2,1-3H3. The lowest BCUT2D eigenvalue weighted by Gasteiger charge is -2.18. The Bertz CT molecular complexity index is 339. The maximum Gasteiger partial charge on any atom is 0.0658 e. The van der Waals surface area contributed by atoms with E-state index in [1.54, 1.807) is 6.07 Å². The lowest BCUT2D eigenvalue weighted by Crippen LogP contribution is -2.23. The summed E-state index contributed by atoms with van der Waals surface area (Å²) in [6.45, 7) is 3.21. The molecule has 0 saturated heterocycles. The second kappa shape index (κ2) is 5.97. The van der Waals surface area contributed by atoms with Crippen LogP contribution in [0.3, 0.4) is 0 Å². The number of hydrogen-bond acceptors (Lipinski definition) is 3. The molecule has 0 radical (unpaired) electrons. The van der Waals surface area contributed by atoms with Gasteiger partial charge in [0.25, 0.3) is 0 Å². The summed E-state index contributed by atoms with van der Waals surface area (Å²) >= 11 is 6.08. The van der Waals surface area contributed by atoms with E-state index in [-0.39, 0.29) is 0 Å². The van der Waals surface area contributed by atoms with E-state index in [9.17, 15) is 0 Å². The van der Waals surface area contributed by atoms with Gasteiger partial charge < -0.3 is 16.0 Å². The van der Waals surface area contributed by atoms with Crippen molar-refractivity contribution < 1.29 is 0 Å².